The lowest BCUT2D eigenvalue weighted by atomic mass is 10.2. The van der Waals surface area contributed by atoms with Crippen LogP contribution in [0.5, 0.6) is 6.01 Å². The monoisotopic (exact) mass is 299 g/mol. The van der Waals surface area contributed by atoms with Gasteiger partial charge in [-0.3, -0.25) is 4.79 Å². The number of rotatable bonds is 4. The van der Waals surface area contributed by atoms with E-state index in [0.29, 0.717) is 17.6 Å². The van der Waals surface area contributed by atoms with E-state index in [1.807, 2.05) is 6.07 Å². The summed E-state index contributed by atoms with van der Waals surface area (Å²) in [5.41, 5.74) is 2.38. The number of carbonyl (C=O) groups is 1. The van der Waals surface area contributed by atoms with Gasteiger partial charge in [-0.1, -0.05) is 6.07 Å². The van der Waals surface area contributed by atoms with Crippen LogP contribution in [0.4, 0.5) is 0 Å². The fourth-order valence-corrected chi connectivity index (χ4v) is 2.01. The molecular formula is C14H13N5O3. The lowest BCUT2D eigenvalue weighted by molar-refractivity contribution is 0.0950. The smallest absolute Gasteiger partial charge is 0.323 e. The van der Waals surface area contributed by atoms with Gasteiger partial charge in [0, 0.05) is 18.9 Å². The summed E-state index contributed by atoms with van der Waals surface area (Å²) in [6, 6.07) is 5.62. The van der Waals surface area contributed by atoms with Gasteiger partial charge in [0.25, 0.3) is 5.91 Å². The standard InChI is InChI=1S/C14H13N5O3/c1-22-14-16-6-9(7-17-14)12(20)15-5-8-2-3-10-11(4-8)19-13(21)18-10/h2-4,6-7H,5H2,1H3,(H,15,20)(H2,18,19,21). The molecule has 22 heavy (non-hydrogen) atoms. The molecule has 3 N–H and O–H groups in total. The fraction of sp³-hybridized carbons (Fsp3) is 0.143. The fourth-order valence-electron chi connectivity index (χ4n) is 2.01. The molecule has 8 heteroatoms. The van der Waals surface area contributed by atoms with E-state index in [1.54, 1.807) is 12.1 Å². The van der Waals surface area contributed by atoms with E-state index in [0.717, 1.165) is 11.1 Å². The van der Waals surface area contributed by atoms with Gasteiger partial charge in [-0.25, -0.2) is 14.8 Å². The van der Waals surface area contributed by atoms with E-state index in [2.05, 4.69) is 25.3 Å². The Morgan fingerprint density at radius 1 is 1.23 bits per heavy atom. The molecule has 8 nitrogen and oxygen atoms in total. The van der Waals surface area contributed by atoms with E-state index >= 15 is 0 Å². The van der Waals surface area contributed by atoms with Crippen molar-refractivity contribution in [3.05, 3.63) is 52.2 Å². The van der Waals surface area contributed by atoms with E-state index in [9.17, 15) is 9.59 Å². The number of aromatic nitrogens is 4. The predicted octanol–water partition coefficient (Wildman–Crippen LogP) is 0.585. The number of hydrogen-bond acceptors (Lipinski definition) is 5. The van der Waals surface area contributed by atoms with Gasteiger partial charge >= 0.3 is 11.7 Å². The molecule has 0 aliphatic heterocycles. The summed E-state index contributed by atoms with van der Waals surface area (Å²) < 4.78 is 4.84. The molecular weight excluding hydrogens is 286 g/mol. The van der Waals surface area contributed by atoms with Crippen LogP contribution in [0.2, 0.25) is 0 Å². The molecule has 112 valence electrons. The minimum atomic E-state index is -0.287. The molecule has 1 aromatic carbocycles. The molecule has 0 fully saturated rings. The molecule has 0 unspecified atom stereocenters. The summed E-state index contributed by atoms with van der Waals surface area (Å²) in [6.45, 7) is 0.327. The number of fused-ring (bicyclic) bond motifs is 1. The van der Waals surface area contributed by atoms with Crippen molar-refractivity contribution >= 4 is 16.9 Å². The molecule has 0 saturated carbocycles. The maximum atomic E-state index is 12.0. The zero-order chi connectivity index (χ0) is 15.5. The molecule has 3 rings (SSSR count). The Bertz CT molecular complexity index is 866. The molecule has 0 saturated heterocycles. The second-order valence-corrected chi connectivity index (χ2v) is 4.60. The van der Waals surface area contributed by atoms with E-state index in [1.165, 1.54) is 19.5 Å². The van der Waals surface area contributed by atoms with E-state index in [4.69, 9.17) is 4.74 Å². The van der Waals surface area contributed by atoms with Crippen molar-refractivity contribution in [2.75, 3.05) is 7.11 Å². The van der Waals surface area contributed by atoms with Gasteiger partial charge in [-0.05, 0) is 17.7 Å². The van der Waals surface area contributed by atoms with E-state index in [-0.39, 0.29) is 17.6 Å². The van der Waals surface area contributed by atoms with Gasteiger partial charge < -0.3 is 20.0 Å². The topological polar surface area (TPSA) is 113 Å². The van der Waals surface area contributed by atoms with Gasteiger partial charge in [0.15, 0.2) is 0 Å². The first-order valence-electron chi connectivity index (χ1n) is 6.51. The van der Waals surface area contributed by atoms with Crippen LogP contribution >= 0.6 is 0 Å². The van der Waals surface area contributed by atoms with Crippen molar-refractivity contribution in [3.8, 4) is 6.01 Å². The van der Waals surface area contributed by atoms with Gasteiger partial charge in [0.2, 0.25) is 0 Å². The average Bonchev–Trinajstić information content (AvgIpc) is 2.92. The van der Waals surface area contributed by atoms with Crippen LogP contribution in [0, 0.1) is 0 Å². The lowest BCUT2D eigenvalue weighted by Crippen LogP contribution is -2.23. The van der Waals surface area contributed by atoms with Crippen LogP contribution in [-0.4, -0.2) is 33.0 Å². The number of H-pyrrole nitrogens is 2. The zero-order valence-electron chi connectivity index (χ0n) is 11.7. The number of carbonyl (C=O) groups excluding carboxylic acids is 1. The second kappa shape index (κ2) is 5.68. The highest BCUT2D eigenvalue weighted by molar-refractivity contribution is 5.93. The molecule has 2 heterocycles. The quantitative estimate of drug-likeness (QED) is 0.652. The van der Waals surface area contributed by atoms with Crippen molar-refractivity contribution in [2.45, 2.75) is 6.54 Å². The van der Waals surface area contributed by atoms with Crippen LogP contribution in [0.3, 0.4) is 0 Å². The SMILES string of the molecule is COc1ncc(C(=O)NCc2ccc3[nH]c(=O)[nH]c3c2)cn1. The summed E-state index contributed by atoms with van der Waals surface area (Å²) in [4.78, 5) is 36.3. The molecule has 3 aromatic rings. The van der Waals surface area contributed by atoms with Gasteiger partial charge in [-0.15, -0.1) is 0 Å². The largest absolute Gasteiger partial charge is 0.467 e. The number of aromatic amines is 2. The zero-order valence-corrected chi connectivity index (χ0v) is 11.7. The minimum Gasteiger partial charge on any atom is -0.467 e. The Morgan fingerprint density at radius 2 is 1.95 bits per heavy atom. The second-order valence-electron chi connectivity index (χ2n) is 4.60. The molecule has 0 aliphatic carbocycles. The Kier molecular flexibility index (Phi) is 3.57. The number of amides is 1. The summed E-state index contributed by atoms with van der Waals surface area (Å²) in [6.07, 6.45) is 2.79. The van der Waals surface area contributed by atoms with Crippen molar-refractivity contribution in [2.24, 2.45) is 0 Å². The molecule has 0 aliphatic rings. The van der Waals surface area contributed by atoms with Crippen LogP contribution in [0.15, 0.2) is 35.4 Å². The number of benzene rings is 1. The highest BCUT2D eigenvalue weighted by Gasteiger charge is 2.07. The Balaban J connectivity index is 1.69. The van der Waals surface area contributed by atoms with E-state index < -0.39 is 0 Å². The van der Waals surface area contributed by atoms with Crippen LogP contribution in [-0.2, 0) is 6.54 Å². The van der Waals surface area contributed by atoms with Gasteiger partial charge in [0.1, 0.15) is 0 Å². The highest BCUT2D eigenvalue weighted by Crippen LogP contribution is 2.10. The minimum absolute atomic E-state index is 0.207. The molecule has 1 amide bonds. The van der Waals surface area contributed by atoms with Crippen LogP contribution in [0.1, 0.15) is 15.9 Å². The van der Waals surface area contributed by atoms with Crippen molar-refractivity contribution in [1.29, 1.82) is 0 Å². The first-order chi connectivity index (χ1) is 10.7. The maximum Gasteiger partial charge on any atom is 0.323 e. The normalized spacial score (nSPS) is 10.6. The number of imidazole rings is 1. The molecule has 0 atom stereocenters. The molecule has 2 aromatic heterocycles. The first kappa shape index (κ1) is 13.8. The van der Waals surface area contributed by atoms with Crippen LogP contribution < -0.4 is 15.7 Å². The summed E-state index contributed by atoms with van der Waals surface area (Å²) in [7, 11) is 1.45. The summed E-state index contributed by atoms with van der Waals surface area (Å²) in [5.74, 6) is -0.287. The Labute approximate surface area is 124 Å². The molecule has 0 radical (unpaired) electrons. The lowest BCUT2D eigenvalue weighted by Gasteiger charge is -2.05. The number of nitrogens with one attached hydrogen (secondary N) is 3. The van der Waals surface area contributed by atoms with Gasteiger partial charge in [0.05, 0.1) is 23.7 Å². The van der Waals surface area contributed by atoms with Crippen LogP contribution in [0.25, 0.3) is 11.0 Å². The number of methoxy groups -OCH3 is 1. The molecule has 0 spiro atoms. The van der Waals surface area contributed by atoms with Crippen molar-refractivity contribution in [3.63, 3.8) is 0 Å². The summed E-state index contributed by atoms with van der Waals surface area (Å²) >= 11 is 0. The predicted molar refractivity (Wildman–Crippen MR) is 78.7 cm³/mol. The average molecular weight is 299 g/mol. The third-order valence-corrected chi connectivity index (χ3v) is 3.11. The Morgan fingerprint density at radius 3 is 2.68 bits per heavy atom. The summed E-state index contributed by atoms with van der Waals surface area (Å²) in [5, 5.41) is 2.76. The maximum absolute atomic E-state index is 12.0. The van der Waals surface area contributed by atoms with Gasteiger partial charge in [-0.2, -0.15) is 0 Å². The third-order valence-electron chi connectivity index (χ3n) is 3.11. The third kappa shape index (κ3) is 2.80. The number of hydrogen-bond donors (Lipinski definition) is 3. The number of nitrogens with zero attached hydrogens (tertiary/aromatic N) is 2. The first-order valence-corrected chi connectivity index (χ1v) is 6.51. The van der Waals surface area contributed by atoms with Crippen molar-refractivity contribution in [1.82, 2.24) is 25.3 Å². The number of ether oxygens (including phenoxy) is 1. The molecule has 0 bridgehead atoms. The highest BCUT2D eigenvalue weighted by atomic mass is 16.5. The Hall–Kier alpha value is -3.16. The van der Waals surface area contributed by atoms with Crippen molar-refractivity contribution < 1.29 is 9.53 Å².